The number of carbonyl (C=O) groups excluding carboxylic acids is 1. The van der Waals surface area contributed by atoms with E-state index in [-0.39, 0.29) is 12.5 Å². The van der Waals surface area contributed by atoms with Crippen LogP contribution in [0.2, 0.25) is 0 Å². The largest absolute Gasteiger partial charge is 0.497 e. The lowest BCUT2D eigenvalue weighted by Crippen LogP contribution is -2.31. The lowest BCUT2D eigenvalue weighted by Gasteiger charge is -2.10. The van der Waals surface area contributed by atoms with Crippen LogP contribution < -0.4 is 20.1 Å². The van der Waals surface area contributed by atoms with Crippen LogP contribution in [0, 0.1) is 0 Å². The minimum Gasteiger partial charge on any atom is -0.497 e. The van der Waals surface area contributed by atoms with Crippen LogP contribution in [0.25, 0.3) is 0 Å². The smallest absolute Gasteiger partial charge is 0.233 e. The summed E-state index contributed by atoms with van der Waals surface area (Å²) in [5, 5.41) is 5.58. The normalized spacial score (nSPS) is 9.82. The summed E-state index contributed by atoms with van der Waals surface area (Å²) in [6.45, 7) is 0.853. The number of hydrogen-bond donors (Lipinski definition) is 2. The summed E-state index contributed by atoms with van der Waals surface area (Å²) in [5.74, 6) is 1.45. The predicted octanol–water partition coefficient (Wildman–Crippen LogP) is 0.539. The Morgan fingerprint density at radius 2 is 2.06 bits per heavy atom. The molecule has 0 saturated carbocycles. The van der Waals surface area contributed by atoms with E-state index >= 15 is 0 Å². The number of hydrogen-bond acceptors (Lipinski definition) is 4. The van der Waals surface area contributed by atoms with Gasteiger partial charge in [-0.2, -0.15) is 0 Å². The predicted molar refractivity (Wildman–Crippen MR) is 65.3 cm³/mol. The Morgan fingerprint density at radius 1 is 1.29 bits per heavy atom. The van der Waals surface area contributed by atoms with E-state index in [0.717, 1.165) is 17.1 Å². The van der Waals surface area contributed by atoms with E-state index in [1.807, 2.05) is 18.2 Å². The molecule has 0 aliphatic heterocycles. The molecule has 0 aromatic heterocycles. The average Bonchev–Trinajstić information content (AvgIpc) is 2.38. The van der Waals surface area contributed by atoms with Crippen LogP contribution in [0.4, 0.5) is 0 Å². The zero-order valence-corrected chi connectivity index (χ0v) is 10.4. The maximum atomic E-state index is 11.0. The molecule has 0 unspecified atom stereocenters. The topological polar surface area (TPSA) is 59.6 Å². The van der Waals surface area contributed by atoms with Crippen molar-refractivity contribution in [1.29, 1.82) is 0 Å². The summed E-state index contributed by atoms with van der Waals surface area (Å²) in [6.07, 6.45) is 0. The van der Waals surface area contributed by atoms with Crippen molar-refractivity contribution < 1.29 is 14.3 Å². The molecule has 1 aromatic carbocycles. The average molecular weight is 238 g/mol. The highest BCUT2D eigenvalue weighted by molar-refractivity contribution is 5.77. The SMILES string of the molecule is CNC(=O)CNCc1ccc(OC)cc1OC. The Hall–Kier alpha value is -1.75. The number of ether oxygens (including phenoxy) is 2. The standard InChI is InChI=1S/C12H18N2O3/c1-13-12(15)8-14-7-9-4-5-10(16-2)6-11(9)17-3/h4-6,14H,7-8H2,1-3H3,(H,13,15). The molecule has 0 fully saturated rings. The van der Waals surface area contributed by atoms with Gasteiger partial charge in [0.1, 0.15) is 11.5 Å². The molecule has 17 heavy (non-hydrogen) atoms. The summed E-state index contributed by atoms with van der Waals surface area (Å²) in [7, 11) is 4.83. The molecule has 0 bridgehead atoms. The van der Waals surface area contributed by atoms with Crippen LogP contribution in [0.3, 0.4) is 0 Å². The second-order valence-corrected chi connectivity index (χ2v) is 3.45. The van der Waals surface area contributed by atoms with Gasteiger partial charge in [0, 0.05) is 25.2 Å². The molecule has 94 valence electrons. The highest BCUT2D eigenvalue weighted by Crippen LogP contribution is 2.24. The number of likely N-dealkylation sites (N-methyl/N-ethyl adjacent to an activating group) is 1. The number of amides is 1. The molecule has 0 aliphatic carbocycles. The number of rotatable bonds is 6. The Kier molecular flexibility index (Phi) is 5.29. The molecule has 1 aromatic rings. The van der Waals surface area contributed by atoms with Crippen molar-refractivity contribution in [3.63, 3.8) is 0 Å². The van der Waals surface area contributed by atoms with Gasteiger partial charge in [0.05, 0.1) is 20.8 Å². The quantitative estimate of drug-likeness (QED) is 0.759. The van der Waals surface area contributed by atoms with Gasteiger partial charge in [0.2, 0.25) is 5.91 Å². The zero-order valence-electron chi connectivity index (χ0n) is 10.4. The van der Waals surface area contributed by atoms with Crippen LogP contribution >= 0.6 is 0 Å². The van der Waals surface area contributed by atoms with Gasteiger partial charge in [-0.3, -0.25) is 4.79 Å². The van der Waals surface area contributed by atoms with Gasteiger partial charge < -0.3 is 20.1 Å². The van der Waals surface area contributed by atoms with Gasteiger partial charge in [-0.1, -0.05) is 6.07 Å². The molecule has 5 heteroatoms. The van der Waals surface area contributed by atoms with E-state index in [1.54, 1.807) is 21.3 Å². The molecule has 0 spiro atoms. The van der Waals surface area contributed by atoms with E-state index in [1.165, 1.54) is 0 Å². The van der Waals surface area contributed by atoms with E-state index in [4.69, 9.17) is 9.47 Å². The van der Waals surface area contributed by atoms with Crippen molar-refractivity contribution in [3.05, 3.63) is 23.8 Å². The molecule has 0 heterocycles. The number of carbonyl (C=O) groups is 1. The molecular formula is C12H18N2O3. The Bertz CT molecular complexity index is 380. The molecular weight excluding hydrogens is 220 g/mol. The van der Waals surface area contributed by atoms with Crippen molar-refractivity contribution in [2.24, 2.45) is 0 Å². The summed E-state index contributed by atoms with van der Waals surface area (Å²) in [5.41, 5.74) is 0.984. The number of methoxy groups -OCH3 is 2. The summed E-state index contributed by atoms with van der Waals surface area (Å²) < 4.78 is 10.4. The van der Waals surface area contributed by atoms with Crippen LogP contribution in [-0.2, 0) is 11.3 Å². The highest BCUT2D eigenvalue weighted by Gasteiger charge is 2.05. The van der Waals surface area contributed by atoms with E-state index in [0.29, 0.717) is 6.54 Å². The van der Waals surface area contributed by atoms with Gasteiger partial charge >= 0.3 is 0 Å². The molecule has 0 aliphatic rings. The van der Waals surface area contributed by atoms with E-state index in [9.17, 15) is 4.79 Å². The monoisotopic (exact) mass is 238 g/mol. The first-order valence-corrected chi connectivity index (χ1v) is 5.33. The fourth-order valence-electron chi connectivity index (χ4n) is 1.40. The molecule has 5 nitrogen and oxygen atoms in total. The van der Waals surface area contributed by atoms with Gasteiger partial charge in [0.15, 0.2) is 0 Å². The second-order valence-electron chi connectivity index (χ2n) is 3.45. The maximum Gasteiger partial charge on any atom is 0.233 e. The minimum atomic E-state index is -0.0440. The lowest BCUT2D eigenvalue weighted by atomic mass is 10.2. The van der Waals surface area contributed by atoms with Crippen LogP contribution in [0.15, 0.2) is 18.2 Å². The van der Waals surface area contributed by atoms with E-state index < -0.39 is 0 Å². The van der Waals surface area contributed by atoms with Crippen LogP contribution in [-0.4, -0.2) is 33.7 Å². The fourth-order valence-corrected chi connectivity index (χ4v) is 1.40. The van der Waals surface area contributed by atoms with Gasteiger partial charge in [-0.15, -0.1) is 0 Å². The third kappa shape index (κ3) is 3.96. The zero-order chi connectivity index (χ0) is 12.7. The van der Waals surface area contributed by atoms with Crippen LogP contribution in [0.5, 0.6) is 11.5 Å². The molecule has 0 atom stereocenters. The van der Waals surface area contributed by atoms with Gasteiger partial charge in [-0.25, -0.2) is 0 Å². The van der Waals surface area contributed by atoms with Gasteiger partial charge in [-0.05, 0) is 6.07 Å². The van der Waals surface area contributed by atoms with Crippen molar-refractivity contribution in [3.8, 4) is 11.5 Å². The summed E-state index contributed by atoms with van der Waals surface area (Å²) >= 11 is 0. The van der Waals surface area contributed by atoms with Gasteiger partial charge in [0.25, 0.3) is 0 Å². The minimum absolute atomic E-state index is 0.0440. The third-order valence-electron chi connectivity index (χ3n) is 2.37. The van der Waals surface area contributed by atoms with E-state index in [2.05, 4.69) is 10.6 Å². The number of benzene rings is 1. The first-order valence-electron chi connectivity index (χ1n) is 5.33. The van der Waals surface area contributed by atoms with Crippen LogP contribution in [0.1, 0.15) is 5.56 Å². The third-order valence-corrected chi connectivity index (χ3v) is 2.37. The van der Waals surface area contributed by atoms with Crippen molar-refractivity contribution >= 4 is 5.91 Å². The highest BCUT2D eigenvalue weighted by atomic mass is 16.5. The maximum absolute atomic E-state index is 11.0. The molecule has 0 radical (unpaired) electrons. The van der Waals surface area contributed by atoms with Crippen molar-refractivity contribution in [2.75, 3.05) is 27.8 Å². The fraction of sp³-hybridized carbons (Fsp3) is 0.417. The molecule has 2 N–H and O–H groups in total. The van der Waals surface area contributed by atoms with Crippen molar-refractivity contribution in [1.82, 2.24) is 10.6 Å². The Morgan fingerprint density at radius 3 is 2.65 bits per heavy atom. The summed E-state index contributed by atoms with van der Waals surface area (Å²) in [6, 6.07) is 5.59. The number of nitrogens with one attached hydrogen (secondary N) is 2. The first-order chi connectivity index (χ1) is 8.21. The first kappa shape index (κ1) is 13.3. The molecule has 0 saturated heterocycles. The van der Waals surface area contributed by atoms with Crippen molar-refractivity contribution in [2.45, 2.75) is 6.54 Å². The molecule has 1 rings (SSSR count). The Labute approximate surface area is 101 Å². The molecule has 1 amide bonds. The Balaban J connectivity index is 2.61. The lowest BCUT2D eigenvalue weighted by molar-refractivity contribution is -0.119. The second kappa shape index (κ2) is 6.75. The summed E-state index contributed by atoms with van der Waals surface area (Å²) in [4.78, 5) is 11.0.